The summed E-state index contributed by atoms with van der Waals surface area (Å²) in [4.78, 5) is 12.4. The molecule has 0 aliphatic carbocycles. The van der Waals surface area contributed by atoms with Gasteiger partial charge in [0.15, 0.2) is 9.84 Å². The number of aromatic nitrogens is 2. The Morgan fingerprint density at radius 1 is 1.28 bits per heavy atom. The van der Waals surface area contributed by atoms with E-state index in [-0.39, 0.29) is 17.4 Å². The lowest BCUT2D eigenvalue weighted by Gasteiger charge is -2.23. The number of hydrogen-bond donors (Lipinski definition) is 1. The summed E-state index contributed by atoms with van der Waals surface area (Å²) in [5.41, 5.74) is 2.97. The number of rotatable bonds is 4. The summed E-state index contributed by atoms with van der Waals surface area (Å²) >= 11 is 0. The number of carbonyl (C=O) groups is 1. The Balaban J connectivity index is 1.68. The fourth-order valence-electron chi connectivity index (χ4n) is 3.22. The predicted octanol–water partition coefficient (Wildman–Crippen LogP) is 1.86. The summed E-state index contributed by atoms with van der Waals surface area (Å²) in [7, 11) is -3.05. The van der Waals surface area contributed by atoms with Crippen molar-refractivity contribution in [3.8, 4) is 0 Å². The average Bonchev–Trinajstić information content (AvgIpc) is 2.97. The Hall–Kier alpha value is -2.15. The van der Waals surface area contributed by atoms with Gasteiger partial charge in [-0.05, 0) is 51.0 Å². The number of sulfone groups is 1. The second kappa shape index (κ2) is 6.29. The van der Waals surface area contributed by atoms with Crippen molar-refractivity contribution in [1.82, 2.24) is 15.1 Å². The molecule has 0 radical (unpaired) electrons. The Morgan fingerprint density at radius 3 is 2.48 bits per heavy atom. The first kappa shape index (κ1) is 17.7. The van der Waals surface area contributed by atoms with E-state index in [0.717, 1.165) is 17.0 Å². The maximum Gasteiger partial charge on any atom is 0.251 e. The largest absolute Gasteiger partial charge is 0.346 e. The van der Waals surface area contributed by atoms with Gasteiger partial charge in [0.25, 0.3) is 5.91 Å². The fourth-order valence-corrected chi connectivity index (χ4v) is 5.32. The number of aryl methyl sites for hydroxylation is 2. The Kier molecular flexibility index (Phi) is 4.45. The highest BCUT2D eigenvalue weighted by Gasteiger charge is 2.39. The minimum Gasteiger partial charge on any atom is -0.346 e. The monoisotopic (exact) mass is 361 g/mol. The van der Waals surface area contributed by atoms with E-state index in [1.807, 2.05) is 36.7 Å². The Labute approximate surface area is 148 Å². The summed E-state index contributed by atoms with van der Waals surface area (Å²) in [6, 6.07) is 9.36. The van der Waals surface area contributed by atoms with E-state index in [2.05, 4.69) is 10.4 Å². The SMILES string of the molecule is Cc1cc(C)n(Cc2ccc(C(=O)NC3(C)CCS(=O)(=O)C3)cc2)n1. The van der Waals surface area contributed by atoms with E-state index < -0.39 is 15.4 Å². The van der Waals surface area contributed by atoms with E-state index >= 15 is 0 Å². The third kappa shape index (κ3) is 4.10. The van der Waals surface area contributed by atoms with Crippen LogP contribution in [-0.2, 0) is 16.4 Å². The minimum atomic E-state index is -3.05. The van der Waals surface area contributed by atoms with Crippen molar-refractivity contribution >= 4 is 15.7 Å². The molecule has 0 bridgehead atoms. The van der Waals surface area contributed by atoms with Crippen molar-refractivity contribution < 1.29 is 13.2 Å². The summed E-state index contributed by atoms with van der Waals surface area (Å²) in [6.07, 6.45) is 0.455. The topological polar surface area (TPSA) is 81.1 Å². The Bertz CT molecular complexity index is 900. The van der Waals surface area contributed by atoms with Gasteiger partial charge in [-0.1, -0.05) is 12.1 Å². The lowest BCUT2D eigenvalue weighted by Crippen LogP contribution is -2.46. The standard InChI is InChI=1S/C18H23N3O3S/c1-13-10-14(2)21(20-13)11-15-4-6-16(7-5-15)17(22)19-18(3)8-9-25(23,24)12-18/h4-7,10H,8-9,11-12H2,1-3H3,(H,19,22). The van der Waals surface area contributed by atoms with Crippen LogP contribution in [0.2, 0.25) is 0 Å². The first-order valence-electron chi connectivity index (χ1n) is 8.29. The van der Waals surface area contributed by atoms with Crippen molar-refractivity contribution in [1.29, 1.82) is 0 Å². The zero-order chi connectivity index (χ0) is 18.2. The highest BCUT2D eigenvalue weighted by atomic mass is 32.2. The molecule has 1 atom stereocenters. The molecule has 0 spiro atoms. The van der Waals surface area contributed by atoms with Crippen LogP contribution in [0.15, 0.2) is 30.3 Å². The Morgan fingerprint density at radius 2 is 1.96 bits per heavy atom. The van der Waals surface area contributed by atoms with E-state index in [4.69, 9.17) is 0 Å². The third-order valence-corrected chi connectivity index (χ3v) is 6.47. The number of hydrogen-bond acceptors (Lipinski definition) is 4. The number of benzene rings is 1. The van der Waals surface area contributed by atoms with E-state index in [0.29, 0.717) is 18.5 Å². The van der Waals surface area contributed by atoms with Gasteiger partial charge in [0.1, 0.15) is 0 Å². The van der Waals surface area contributed by atoms with Gasteiger partial charge in [-0.3, -0.25) is 9.48 Å². The lowest BCUT2D eigenvalue weighted by molar-refractivity contribution is 0.0915. The molecule has 0 saturated carbocycles. The van der Waals surface area contributed by atoms with Crippen LogP contribution in [0.5, 0.6) is 0 Å². The summed E-state index contributed by atoms with van der Waals surface area (Å²) < 4.78 is 25.2. The zero-order valence-corrected chi connectivity index (χ0v) is 15.6. The van der Waals surface area contributed by atoms with Crippen molar-refractivity contribution in [3.05, 3.63) is 52.8 Å². The van der Waals surface area contributed by atoms with Crippen LogP contribution in [0.3, 0.4) is 0 Å². The fraction of sp³-hybridized carbons (Fsp3) is 0.444. The summed E-state index contributed by atoms with van der Waals surface area (Å²) in [6.45, 7) is 6.41. The molecule has 1 N–H and O–H groups in total. The van der Waals surface area contributed by atoms with Crippen LogP contribution in [0.4, 0.5) is 0 Å². The molecular weight excluding hydrogens is 338 g/mol. The van der Waals surface area contributed by atoms with Gasteiger partial charge in [0.2, 0.25) is 0 Å². The third-order valence-electron chi connectivity index (χ3n) is 4.57. The molecule has 134 valence electrons. The van der Waals surface area contributed by atoms with Gasteiger partial charge in [-0.15, -0.1) is 0 Å². The summed E-state index contributed by atoms with van der Waals surface area (Å²) in [5.74, 6) is -0.107. The second-order valence-electron chi connectivity index (χ2n) is 7.14. The van der Waals surface area contributed by atoms with Gasteiger partial charge in [-0.25, -0.2) is 8.42 Å². The van der Waals surface area contributed by atoms with E-state index in [1.165, 1.54) is 0 Å². The molecule has 1 aliphatic rings. The van der Waals surface area contributed by atoms with Crippen LogP contribution in [0, 0.1) is 13.8 Å². The molecule has 1 fully saturated rings. The van der Waals surface area contributed by atoms with E-state index in [1.54, 1.807) is 19.1 Å². The molecule has 1 unspecified atom stereocenters. The van der Waals surface area contributed by atoms with Gasteiger partial charge < -0.3 is 5.32 Å². The number of nitrogens with one attached hydrogen (secondary N) is 1. The van der Waals surface area contributed by atoms with Gasteiger partial charge >= 0.3 is 0 Å². The number of amides is 1. The first-order valence-corrected chi connectivity index (χ1v) is 10.1. The van der Waals surface area contributed by atoms with Crippen molar-refractivity contribution in [2.24, 2.45) is 0 Å². The molecule has 6 nitrogen and oxygen atoms in total. The molecule has 1 aromatic heterocycles. The number of carbonyl (C=O) groups excluding carboxylic acids is 1. The lowest BCUT2D eigenvalue weighted by atomic mass is 10.0. The number of nitrogens with zero attached hydrogens (tertiary/aromatic N) is 2. The minimum absolute atomic E-state index is 0.00174. The van der Waals surface area contributed by atoms with Crippen LogP contribution in [0.1, 0.15) is 40.7 Å². The van der Waals surface area contributed by atoms with Crippen molar-refractivity contribution in [3.63, 3.8) is 0 Å². The molecule has 1 aliphatic heterocycles. The molecule has 2 aromatic rings. The molecule has 7 heteroatoms. The molecule has 25 heavy (non-hydrogen) atoms. The van der Waals surface area contributed by atoms with Crippen LogP contribution in [-0.4, -0.2) is 41.2 Å². The van der Waals surface area contributed by atoms with Crippen molar-refractivity contribution in [2.75, 3.05) is 11.5 Å². The van der Waals surface area contributed by atoms with E-state index in [9.17, 15) is 13.2 Å². The molecule has 1 aromatic carbocycles. The molecule has 1 saturated heterocycles. The normalized spacial score (nSPS) is 22.0. The molecular formula is C18H23N3O3S. The van der Waals surface area contributed by atoms with Gasteiger partial charge in [0, 0.05) is 11.3 Å². The average molecular weight is 361 g/mol. The van der Waals surface area contributed by atoms with Crippen LogP contribution in [0.25, 0.3) is 0 Å². The van der Waals surface area contributed by atoms with Crippen LogP contribution < -0.4 is 5.32 Å². The first-order chi connectivity index (χ1) is 11.7. The molecule has 2 heterocycles. The highest BCUT2D eigenvalue weighted by molar-refractivity contribution is 7.91. The summed E-state index contributed by atoms with van der Waals surface area (Å²) in [5, 5.41) is 7.31. The quantitative estimate of drug-likeness (QED) is 0.901. The second-order valence-corrected chi connectivity index (χ2v) is 9.32. The van der Waals surface area contributed by atoms with Crippen LogP contribution >= 0.6 is 0 Å². The van der Waals surface area contributed by atoms with Gasteiger partial charge in [-0.2, -0.15) is 5.10 Å². The predicted molar refractivity (Wildman–Crippen MR) is 96.4 cm³/mol. The smallest absolute Gasteiger partial charge is 0.251 e. The zero-order valence-electron chi connectivity index (χ0n) is 14.7. The molecule has 3 rings (SSSR count). The molecule has 1 amide bonds. The highest BCUT2D eigenvalue weighted by Crippen LogP contribution is 2.23. The van der Waals surface area contributed by atoms with Gasteiger partial charge in [0.05, 0.1) is 29.3 Å². The van der Waals surface area contributed by atoms with Crippen molar-refractivity contribution in [2.45, 2.75) is 39.3 Å². The maximum atomic E-state index is 12.4. The maximum absolute atomic E-state index is 12.4.